The van der Waals surface area contributed by atoms with Crippen LogP contribution in [0.3, 0.4) is 0 Å². The lowest BCUT2D eigenvalue weighted by Gasteiger charge is -2.52. The van der Waals surface area contributed by atoms with E-state index in [0.29, 0.717) is 5.54 Å². The minimum atomic E-state index is 0.609. The fourth-order valence-corrected chi connectivity index (χ4v) is 2.45. The second kappa shape index (κ2) is 4.27. The van der Waals surface area contributed by atoms with E-state index in [1.165, 1.54) is 38.6 Å². The minimum absolute atomic E-state index is 0.609. The van der Waals surface area contributed by atoms with Gasteiger partial charge in [-0.2, -0.15) is 0 Å². The average molecular weight is 169 g/mol. The van der Waals surface area contributed by atoms with Crippen molar-refractivity contribution in [3.05, 3.63) is 0 Å². The van der Waals surface area contributed by atoms with Gasteiger partial charge in [-0.3, -0.25) is 0 Å². The van der Waals surface area contributed by atoms with E-state index in [9.17, 15) is 0 Å². The van der Waals surface area contributed by atoms with Crippen molar-refractivity contribution in [2.75, 3.05) is 6.54 Å². The zero-order valence-electron chi connectivity index (χ0n) is 8.82. The first-order valence-corrected chi connectivity index (χ1v) is 5.58. The zero-order valence-corrected chi connectivity index (χ0v) is 8.82. The molecule has 0 aromatic carbocycles. The third-order valence-electron chi connectivity index (χ3n) is 3.45. The van der Waals surface area contributed by atoms with Gasteiger partial charge in [0.25, 0.3) is 0 Å². The molecule has 12 heavy (non-hydrogen) atoms. The van der Waals surface area contributed by atoms with Crippen LogP contribution in [0.15, 0.2) is 0 Å². The van der Waals surface area contributed by atoms with Gasteiger partial charge >= 0.3 is 0 Å². The van der Waals surface area contributed by atoms with E-state index in [2.05, 4.69) is 12.2 Å². The van der Waals surface area contributed by atoms with Crippen LogP contribution >= 0.6 is 0 Å². The van der Waals surface area contributed by atoms with Crippen molar-refractivity contribution in [2.24, 2.45) is 5.92 Å². The van der Waals surface area contributed by atoms with Gasteiger partial charge in [-0.25, -0.2) is 0 Å². The van der Waals surface area contributed by atoms with Crippen LogP contribution in [-0.4, -0.2) is 12.1 Å². The van der Waals surface area contributed by atoms with E-state index in [1.54, 1.807) is 0 Å². The summed E-state index contributed by atoms with van der Waals surface area (Å²) in [5.74, 6) is 0.952. The van der Waals surface area contributed by atoms with Gasteiger partial charge in [-0.15, -0.1) is 0 Å². The van der Waals surface area contributed by atoms with E-state index in [-0.39, 0.29) is 0 Å². The van der Waals surface area contributed by atoms with Gasteiger partial charge in [0.1, 0.15) is 0 Å². The Labute approximate surface area is 76.9 Å². The molecule has 1 heterocycles. The van der Waals surface area contributed by atoms with Crippen molar-refractivity contribution < 1.29 is 0 Å². The summed E-state index contributed by atoms with van der Waals surface area (Å²) in [7, 11) is 0. The summed E-state index contributed by atoms with van der Waals surface area (Å²) < 4.78 is 0. The summed E-state index contributed by atoms with van der Waals surface area (Å²) in [6.45, 7) is 7.65. The molecule has 1 N–H and O–H groups in total. The SMILES string of the molecule is CC.CC1CNC12CCCCC2. The minimum Gasteiger partial charge on any atom is -0.311 e. The van der Waals surface area contributed by atoms with Crippen molar-refractivity contribution in [2.45, 2.75) is 58.4 Å². The lowest BCUT2D eigenvalue weighted by Crippen LogP contribution is -2.64. The van der Waals surface area contributed by atoms with Crippen LogP contribution in [0.1, 0.15) is 52.9 Å². The first-order chi connectivity index (χ1) is 5.83. The maximum atomic E-state index is 3.61. The molecule has 72 valence electrons. The molecule has 1 atom stereocenters. The van der Waals surface area contributed by atoms with Gasteiger partial charge in [-0.05, 0) is 25.3 Å². The van der Waals surface area contributed by atoms with Crippen molar-refractivity contribution in [1.29, 1.82) is 0 Å². The molecule has 0 aromatic rings. The van der Waals surface area contributed by atoms with E-state index >= 15 is 0 Å². The fourth-order valence-electron chi connectivity index (χ4n) is 2.45. The normalized spacial score (nSPS) is 31.8. The van der Waals surface area contributed by atoms with Crippen LogP contribution < -0.4 is 5.32 Å². The van der Waals surface area contributed by atoms with Crippen molar-refractivity contribution in [3.8, 4) is 0 Å². The summed E-state index contributed by atoms with van der Waals surface area (Å²) in [6.07, 6.45) is 7.26. The Morgan fingerprint density at radius 2 is 1.67 bits per heavy atom. The molecule has 1 nitrogen and oxygen atoms in total. The smallest absolute Gasteiger partial charge is 0.0219 e. The standard InChI is InChI=1S/C9H17N.C2H6/c1-8-7-10-9(8)5-3-2-4-6-9;1-2/h8,10H,2-7H2,1H3;1-2H3. The second-order valence-corrected chi connectivity index (χ2v) is 4.00. The fraction of sp³-hybridized carbons (Fsp3) is 1.00. The van der Waals surface area contributed by atoms with E-state index in [0.717, 1.165) is 5.92 Å². The molecule has 1 aliphatic carbocycles. The van der Waals surface area contributed by atoms with Crippen molar-refractivity contribution in [3.63, 3.8) is 0 Å². The Morgan fingerprint density at radius 3 is 1.92 bits per heavy atom. The van der Waals surface area contributed by atoms with Gasteiger partial charge in [0.15, 0.2) is 0 Å². The van der Waals surface area contributed by atoms with Crippen molar-refractivity contribution >= 4 is 0 Å². The molecule has 1 spiro atoms. The Bertz CT molecular complexity index is 125. The van der Waals surface area contributed by atoms with Gasteiger partial charge < -0.3 is 5.32 Å². The molecule has 2 aliphatic rings. The molecule has 2 fully saturated rings. The largest absolute Gasteiger partial charge is 0.311 e. The molecule has 1 aliphatic heterocycles. The van der Waals surface area contributed by atoms with Crippen LogP contribution in [0, 0.1) is 5.92 Å². The molecule has 1 heteroatoms. The summed E-state index contributed by atoms with van der Waals surface area (Å²) in [4.78, 5) is 0. The highest BCUT2D eigenvalue weighted by Gasteiger charge is 2.43. The van der Waals surface area contributed by atoms with E-state index in [1.807, 2.05) is 13.8 Å². The molecule has 0 radical (unpaired) electrons. The Morgan fingerprint density at radius 1 is 1.08 bits per heavy atom. The molecule has 1 unspecified atom stereocenters. The third-order valence-corrected chi connectivity index (χ3v) is 3.45. The van der Waals surface area contributed by atoms with Gasteiger partial charge in [0.2, 0.25) is 0 Å². The van der Waals surface area contributed by atoms with Crippen LogP contribution in [0.4, 0.5) is 0 Å². The monoisotopic (exact) mass is 169 g/mol. The van der Waals surface area contributed by atoms with Crippen LogP contribution in [-0.2, 0) is 0 Å². The van der Waals surface area contributed by atoms with Gasteiger partial charge in [-0.1, -0.05) is 40.0 Å². The highest BCUT2D eigenvalue weighted by molar-refractivity contribution is 5.02. The summed E-state index contributed by atoms with van der Waals surface area (Å²) in [6, 6.07) is 0. The topological polar surface area (TPSA) is 12.0 Å². The Balaban J connectivity index is 0.000000336. The van der Waals surface area contributed by atoms with Crippen LogP contribution in [0.25, 0.3) is 0 Å². The quantitative estimate of drug-likeness (QED) is 0.588. The Kier molecular flexibility index (Phi) is 3.57. The summed E-state index contributed by atoms with van der Waals surface area (Å²) >= 11 is 0. The number of hydrogen-bond acceptors (Lipinski definition) is 1. The number of rotatable bonds is 0. The number of nitrogens with one attached hydrogen (secondary N) is 1. The predicted octanol–water partition coefficient (Wildman–Crippen LogP) is 2.95. The highest BCUT2D eigenvalue weighted by atomic mass is 15.1. The van der Waals surface area contributed by atoms with Crippen LogP contribution in [0.5, 0.6) is 0 Å². The number of hydrogen-bond donors (Lipinski definition) is 1. The Hall–Kier alpha value is -0.0400. The molecule has 0 amide bonds. The van der Waals surface area contributed by atoms with Crippen molar-refractivity contribution in [1.82, 2.24) is 5.32 Å². The average Bonchev–Trinajstić information content (AvgIpc) is 2.20. The lowest BCUT2D eigenvalue weighted by molar-refractivity contribution is 0.0698. The maximum absolute atomic E-state index is 3.61. The first-order valence-electron chi connectivity index (χ1n) is 5.58. The highest BCUT2D eigenvalue weighted by Crippen LogP contribution is 2.39. The van der Waals surface area contributed by atoms with Gasteiger partial charge in [0, 0.05) is 5.54 Å². The molecular formula is C11H23N. The van der Waals surface area contributed by atoms with Crippen LogP contribution in [0.2, 0.25) is 0 Å². The molecular weight excluding hydrogens is 146 g/mol. The molecule has 0 bridgehead atoms. The zero-order chi connectivity index (χ0) is 9.03. The van der Waals surface area contributed by atoms with E-state index in [4.69, 9.17) is 0 Å². The molecule has 2 rings (SSSR count). The molecule has 1 saturated heterocycles. The molecule has 1 saturated carbocycles. The molecule has 0 aromatic heterocycles. The van der Waals surface area contributed by atoms with E-state index < -0.39 is 0 Å². The predicted molar refractivity (Wildman–Crippen MR) is 54.3 cm³/mol. The second-order valence-electron chi connectivity index (χ2n) is 4.00. The summed E-state index contributed by atoms with van der Waals surface area (Å²) in [5.41, 5.74) is 0.609. The third kappa shape index (κ3) is 1.66. The van der Waals surface area contributed by atoms with Gasteiger partial charge in [0.05, 0.1) is 0 Å². The summed E-state index contributed by atoms with van der Waals surface area (Å²) in [5, 5.41) is 3.61. The maximum Gasteiger partial charge on any atom is 0.0219 e. The lowest BCUT2D eigenvalue weighted by atomic mass is 9.68. The first kappa shape index (κ1) is 10.0.